The van der Waals surface area contributed by atoms with Gasteiger partial charge in [-0.25, -0.2) is 0 Å². The van der Waals surface area contributed by atoms with Crippen molar-refractivity contribution in [3.05, 3.63) is 0 Å². The molecule has 0 aromatic heterocycles. The van der Waals surface area contributed by atoms with Gasteiger partial charge in [0.1, 0.15) is 5.54 Å². The van der Waals surface area contributed by atoms with Crippen LogP contribution in [0.5, 0.6) is 0 Å². The van der Waals surface area contributed by atoms with E-state index in [0.29, 0.717) is 12.6 Å². The van der Waals surface area contributed by atoms with Gasteiger partial charge in [0.2, 0.25) is 0 Å². The van der Waals surface area contributed by atoms with Crippen molar-refractivity contribution in [2.45, 2.75) is 63.5 Å². The van der Waals surface area contributed by atoms with Crippen LogP contribution in [0, 0.1) is 0 Å². The molecule has 2 aliphatic rings. The molecule has 4 heteroatoms. The molecule has 1 atom stereocenters. The molecule has 1 aliphatic carbocycles. The fourth-order valence-electron chi connectivity index (χ4n) is 3.04. The molecule has 1 unspecified atom stereocenters. The van der Waals surface area contributed by atoms with E-state index in [1.807, 2.05) is 18.7 Å². The third-order valence-corrected chi connectivity index (χ3v) is 5.27. The van der Waals surface area contributed by atoms with Gasteiger partial charge >= 0.3 is 5.97 Å². The summed E-state index contributed by atoms with van der Waals surface area (Å²) in [5, 5.41) is 3.66. The number of thioether (sulfide) groups is 1. The maximum absolute atomic E-state index is 12.3. The summed E-state index contributed by atoms with van der Waals surface area (Å²) < 4.78 is 5.31. The van der Waals surface area contributed by atoms with Crippen molar-refractivity contribution in [3.8, 4) is 0 Å². The van der Waals surface area contributed by atoms with Gasteiger partial charge in [-0.2, -0.15) is 11.8 Å². The van der Waals surface area contributed by atoms with Gasteiger partial charge in [-0.1, -0.05) is 19.3 Å². The first-order valence-corrected chi connectivity index (χ1v) is 8.45. The van der Waals surface area contributed by atoms with Crippen LogP contribution in [0.15, 0.2) is 0 Å². The molecule has 1 N–H and O–H groups in total. The summed E-state index contributed by atoms with van der Waals surface area (Å²) in [4.78, 5) is 12.3. The highest BCUT2D eigenvalue weighted by molar-refractivity contribution is 7.99. The molecule has 0 aromatic carbocycles. The molecule has 1 heterocycles. The Labute approximate surface area is 114 Å². The smallest absolute Gasteiger partial charge is 0.327 e. The lowest BCUT2D eigenvalue weighted by molar-refractivity contribution is -0.151. The maximum atomic E-state index is 12.3. The molecule has 3 nitrogen and oxygen atoms in total. The minimum atomic E-state index is -0.402. The monoisotopic (exact) mass is 271 g/mol. The predicted molar refractivity (Wildman–Crippen MR) is 75.9 cm³/mol. The quantitative estimate of drug-likeness (QED) is 0.798. The normalized spacial score (nSPS) is 30.1. The highest BCUT2D eigenvalue weighted by Gasteiger charge is 2.42. The number of hydrogen-bond acceptors (Lipinski definition) is 4. The molecule has 1 saturated heterocycles. The summed E-state index contributed by atoms with van der Waals surface area (Å²) in [6, 6.07) is 0.516. The average molecular weight is 271 g/mol. The van der Waals surface area contributed by atoms with Gasteiger partial charge in [-0.15, -0.1) is 0 Å². The number of esters is 1. The van der Waals surface area contributed by atoms with Crippen LogP contribution in [0.4, 0.5) is 0 Å². The largest absolute Gasteiger partial charge is 0.465 e. The van der Waals surface area contributed by atoms with E-state index in [4.69, 9.17) is 4.74 Å². The van der Waals surface area contributed by atoms with Crippen LogP contribution in [0.3, 0.4) is 0 Å². The summed E-state index contributed by atoms with van der Waals surface area (Å²) in [5.41, 5.74) is -0.402. The van der Waals surface area contributed by atoms with Gasteiger partial charge in [-0.3, -0.25) is 10.1 Å². The standard InChI is InChI=1S/C14H25NO2S/c1-2-17-13(16)14(9-6-10-18-11-14)15-12-7-4-3-5-8-12/h12,15H,2-11H2,1H3. The van der Waals surface area contributed by atoms with Crippen molar-refractivity contribution >= 4 is 17.7 Å². The van der Waals surface area contributed by atoms with Gasteiger partial charge in [0.15, 0.2) is 0 Å². The van der Waals surface area contributed by atoms with Crippen LogP contribution in [0.1, 0.15) is 51.9 Å². The highest BCUT2D eigenvalue weighted by atomic mass is 32.2. The van der Waals surface area contributed by atoms with Gasteiger partial charge in [0.05, 0.1) is 6.61 Å². The van der Waals surface area contributed by atoms with Gasteiger partial charge in [0, 0.05) is 11.8 Å². The number of hydrogen-bond donors (Lipinski definition) is 1. The van der Waals surface area contributed by atoms with Crippen LogP contribution < -0.4 is 5.32 Å². The molecule has 104 valence electrons. The van der Waals surface area contributed by atoms with E-state index in [2.05, 4.69) is 5.32 Å². The molecule has 1 aliphatic heterocycles. The topological polar surface area (TPSA) is 38.3 Å². The minimum Gasteiger partial charge on any atom is -0.465 e. The Bertz CT molecular complexity index is 271. The number of rotatable bonds is 4. The second-order valence-corrected chi connectivity index (χ2v) is 6.54. The Morgan fingerprint density at radius 3 is 2.72 bits per heavy atom. The van der Waals surface area contributed by atoms with Crippen molar-refractivity contribution in [2.75, 3.05) is 18.1 Å². The van der Waals surface area contributed by atoms with Gasteiger partial charge in [-0.05, 0) is 38.4 Å². The van der Waals surface area contributed by atoms with Crippen LogP contribution in [-0.2, 0) is 9.53 Å². The van der Waals surface area contributed by atoms with Crippen molar-refractivity contribution in [1.29, 1.82) is 0 Å². The lowest BCUT2D eigenvalue weighted by atomic mass is 9.89. The second kappa shape index (κ2) is 6.80. The Kier molecular flexibility index (Phi) is 5.37. The van der Waals surface area contributed by atoms with Crippen LogP contribution in [0.2, 0.25) is 0 Å². The van der Waals surface area contributed by atoms with Gasteiger partial charge < -0.3 is 4.74 Å². The molecule has 2 fully saturated rings. The second-order valence-electron chi connectivity index (χ2n) is 5.44. The minimum absolute atomic E-state index is 0.0252. The van der Waals surface area contributed by atoms with E-state index < -0.39 is 5.54 Å². The van der Waals surface area contributed by atoms with Gasteiger partial charge in [0.25, 0.3) is 0 Å². The van der Waals surface area contributed by atoms with E-state index in [1.165, 1.54) is 37.9 Å². The Morgan fingerprint density at radius 1 is 1.33 bits per heavy atom. The summed E-state index contributed by atoms with van der Waals surface area (Å²) in [5.74, 6) is 2.03. The Morgan fingerprint density at radius 2 is 2.11 bits per heavy atom. The number of carbonyl (C=O) groups is 1. The molecule has 0 bridgehead atoms. The lowest BCUT2D eigenvalue weighted by Crippen LogP contribution is -2.60. The summed E-state index contributed by atoms with van der Waals surface area (Å²) in [7, 11) is 0. The van der Waals surface area contributed by atoms with Crippen LogP contribution in [0.25, 0.3) is 0 Å². The van der Waals surface area contributed by atoms with Crippen molar-refractivity contribution < 1.29 is 9.53 Å². The van der Waals surface area contributed by atoms with Crippen molar-refractivity contribution in [1.82, 2.24) is 5.32 Å². The van der Waals surface area contributed by atoms with E-state index in [1.54, 1.807) is 0 Å². The third kappa shape index (κ3) is 3.41. The molecule has 18 heavy (non-hydrogen) atoms. The van der Waals surface area contributed by atoms with Crippen LogP contribution in [-0.4, -0.2) is 35.7 Å². The lowest BCUT2D eigenvalue weighted by Gasteiger charge is -2.39. The maximum Gasteiger partial charge on any atom is 0.327 e. The van der Waals surface area contributed by atoms with Crippen molar-refractivity contribution in [2.24, 2.45) is 0 Å². The zero-order chi connectivity index (χ0) is 12.8. The first kappa shape index (κ1) is 14.2. The number of ether oxygens (including phenoxy) is 1. The first-order chi connectivity index (χ1) is 8.77. The third-order valence-electron chi connectivity index (χ3n) is 3.99. The molecule has 0 spiro atoms. The molecule has 0 aromatic rings. The van der Waals surface area contributed by atoms with Crippen LogP contribution >= 0.6 is 11.8 Å². The fraction of sp³-hybridized carbons (Fsp3) is 0.929. The zero-order valence-electron chi connectivity index (χ0n) is 11.4. The van der Waals surface area contributed by atoms with E-state index in [-0.39, 0.29) is 5.97 Å². The number of carbonyl (C=O) groups excluding carboxylic acids is 1. The number of nitrogens with one attached hydrogen (secondary N) is 1. The van der Waals surface area contributed by atoms with E-state index >= 15 is 0 Å². The highest BCUT2D eigenvalue weighted by Crippen LogP contribution is 2.30. The summed E-state index contributed by atoms with van der Waals surface area (Å²) in [6.45, 7) is 2.37. The molecule has 1 saturated carbocycles. The predicted octanol–water partition coefficient (Wildman–Crippen LogP) is 2.74. The van der Waals surface area contributed by atoms with E-state index in [9.17, 15) is 4.79 Å². The Balaban J connectivity index is 2.00. The SMILES string of the molecule is CCOC(=O)C1(NC2CCCCC2)CCCSC1. The zero-order valence-corrected chi connectivity index (χ0v) is 12.2. The fourth-order valence-corrected chi connectivity index (χ4v) is 4.22. The Hall–Kier alpha value is -0.220. The molecule has 0 amide bonds. The molecular weight excluding hydrogens is 246 g/mol. The molecular formula is C14H25NO2S. The summed E-state index contributed by atoms with van der Waals surface area (Å²) >= 11 is 1.88. The average Bonchev–Trinajstić information content (AvgIpc) is 2.41. The summed E-state index contributed by atoms with van der Waals surface area (Å²) in [6.07, 6.45) is 8.42. The van der Waals surface area contributed by atoms with Crippen molar-refractivity contribution in [3.63, 3.8) is 0 Å². The van der Waals surface area contributed by atoms with E-state index in [0.717, 1.165) is 18.6 Å². The first-order valence-electron chi connectivity index (χ1n) is 7.29. The molecule has 2 rings (SSSR count). The molecule has 0 radical (unpaired) electrons.